The summed E-state index contributed by atoms with van der Waals surface area (Å²) in [7, 11) is -1.14. The van der Waals surface area contributed by atoms with Crippen molar-refractivity contribution < 1.29 is 26.2 Å². The molecule has 0 aromatic heterocycles. The maximum Gasteiger partial charge on any atom is 2.00 e. The van der Waals surface area contributed by atoms with Crippen LogP contribution < -0.4 is 0 Å². The van der Waals surface area contributed by atoms with Crippen LogP contribution in [0.15, 0.2) is 5.57 Å². The molecule has 0 nitrogen and oxygen atoms in total. The van der Waals surface area contributed by atoms with Gasteiger partial charge in [-0.1, -0.05) is 45.8 Å². The van der Waals surface area contributed by atoms with Gasteiger partial charge in [-0.25, -0.2) is 0 Å². The van der Waals surface area contributed by atoms with Gasteiger partial charge in [-0.05, 0) is 64.2 Å². The summed E-state index contributed by atoms with van der Waals surface area (Å²) in [5.74, 6) is 0. The van der Waals surface area contributed by atoms with Crippen molar-refractivity contribution in [2.45, 2.75) is 45.8 Å². The van der Waals surface area contributed by atoms with Crippen molar-refractivity contribution in [2.75, 3.05) is 0 Å². The molecular formula is C21H30SiZr. The van der Waals surface area contributed by atoms with Gasteiger partial charge < -0.3 is 12.6 Å². The van der Waals surface area contributed by atoms with Crippen molar-refractivity contribution in [3.63, 3.8) is 0 Å². The molecule has 0 heterocycles. The fraction of sp³-hybridized carbons (Fsp3) is 0.381. The van der Waals surface area contributed by atoms with E-state index in [1.165, 1.54) is 24.8 Å². The van der Waals surface area contributed by atoms with E-state index in [1.54, 1.807) is 0 Å². The third-order valence-corrected chi connectivity index (χ3v) is 4.57. The predicted molar refractivity (Wildman–Crippen MR) is 100 cm³/mol. The topological polar surface area (TPSA) is 0 Å². The Morgan fingerprint density at radius 3 is 1.43 bits per heavy atom. The van der Waals surface area contributed by atoms with Crippen LogP contribution in [0.3, 0.4) is 0 Å². The largest absolute Gasteiger partial charge is 2.00 e. The molecule has 0 N–H and O–H groups in total. The van der Waals surface area contributed by atoms with Gasteiger partial charge in [0.1, 0.15) is 0 Å². The van der Waals surface area contributed by atoms with Crippen LogP contribution >= 0.6 is 0 Å². The predicted octanol–water partition coefficient (Wildman–Crippen LogP) is 5.66. The van der Waals surface area contributed by atoms with E-state index in [0.29, 0.717) is 0 Å². The third kappa shape index (κ3) is 11.9. The molecule has 1 unspecified atom stereocenters. The van der Waals surface area contributed by atoms with E-state index < -0.39 is 8.07 Å². The molecule has 1 atom stereocenters. The van der Waals surface area contributed by atoms with Crippen LogP contribution in [0.25, 0.3) is 0 Å². The zero-order valence-electron chi connectivity index (χ0n) is 15.1. The van der Waals surface area contributed by atoms with Crippen molar-refractivity contribution in [1.82, 2.24) is 0 Å². The van der Waals surface area contributed by atoms with Gasteiger partial charge in [-0.3, -0.25) is 5.57 Å². The van der Waals surface area contributed by atoms with E-state index >= 15 is 0 Å². The standard InChI is InChI=1S/C11H20Si.2C5H5.Zr/c1-11(2)8-6-7-10(11)9-12(3,4)5;2*1-2-4-5-3-1;/h1,6-8H2,2-5H3;2*1-5H;/q-2;;;+2. The minimum Gasteiger partial charge on any atom is -0.500 e. The minimum absolute atomic E-state index is 0. The number of hydrogen-bond acceptors (Lipinski definition) is 0. The average molecular weight is 402 g/mol. The Kier molecular flexibility index (Phi) is 12.7. The average Bonchev–Trinajstić information content (AvgIpc) is 3.14. The van der Waals surface area contributed by atoms with Gasteiger partial charge in [0.2, 0.25) is 0 Å². The summed E-state index contributed by atoms with van der Waals surface area (Å²) in [6, 6.07) is 0. The molecule has 0 saturated heterocycles. The quantitative estimate of drug-likeness (QED) is 0.393. The molecule has 10 radical (unpaired) electrons. The molecule has 3 rings (SSSR count). The first kappa shape index (κ1) is 23.8. The molecule has 0 spiro atoms. The molecule has 3 aliphatic rings. The van der Waals surface area contributed by atoms with E-state index in [4.69, 9.17) is 0 Å². The molecule has 23 heavy (non-hydrogen) atoms. The second kappa shape index (κ2) is 12.2. The summed E-state index contributed by atoms with van der Waals surface area (Å²) in [5.41, 5.74) is 5.41. The van der Waals surface area contributed by atoms with Gasteiger partial charge in [-0.15, -0.1) is 8.07 Å². The molecule has 0 bridgehead atoms. The molecule has 3 fully saturated rings. The number of allylic oxidation sites excluding steroid dienone is 1. The first-order valence-electron chi connectivity index (χ1n) is 8.14. The molecule has 2 heteroatoms. The van der Waals surface area contributed by atoms with Crippen LogP contribution in [0, 0.1) is 82.2 Å². The molecule has 0 aromatic rings. The Morgan fingerprint density at radius 2 is 1.22 bits per heavy atom. The van der Waals surface area contributed by atoms with E-state index in [9.17, 15) is 0 Å². The first-order valence-corrected chi connectivity index (χ1v) is 11.6. The van der Waals surface area contributed by atoms with Gasteiger partial charge >= 0.3 is 26.2 Å². The van der Waals surface area contributed by atoms with Crippen LogP contribution in [0.4, 0.5) is 0 Å². The molecule has 3 aliphatic carbocycles. The summed E-state index contributed by atoms with van der Waals surface area (Å²) in [4.78, 5) is 0. The SMILES string of the molecule is [CH2-]C1(C)CCCC1=[C-][Si](C)(C)C.[CH]1[CH][CH][CH][CH]1.[CH]1[CH][CH][CH][CH]1.[Zr+2]. The van der Waals surface area contributed by atoms with Crippen LogP contribution in [-0.2, 0) is 26.2 Å². The third-order valence-electron chi connectivity index (χ3n) is 3.52. The normalized spacial score (nSPS) is 28.5. The second-order valence-electron chi connectivity index (χ2n) is 7.19. The van der Waals surface area contributed by atoms with Crippen molar-refractivity contribution >= 4 is 8.07 Å². The Hall–Kier alpha value is 0.840. The van der Waals surface area contributed by atoms with Crippen molar-refractivity contribution in [2.24, 2.45) is 5.41 Å². The van der Waals surface area contributed by atoms with Crippen LogP contribution in [0.1, 0.15) is 26.2 Å². The van der Waals surface area contributed by atoms with Crippen LogP contribution in [0.2, 0.25) is 19.6 Å². The van der Waals surface area contributed by atoms with Crippen LogP contribution in [0.5, 0.6) is 0 Å². The van der Waals surface area contributed by atoms with E-state index in [1.807, 2.05) is 64.2 Å². The maximum atomic E-state index is 4.26. The molecule has 3 saturated carbocycles. The molecule has 0 amide bonds. The summed E-state index contributed by atoms with van der Waals surface area (Å²) in [6.07, 6.45) is 23.8. The van der Waals surface area contributed by atoms with Crippen molar-refractivity contribution in [3.05, 3.63) is 82.4 Å². The fourth-order valence-electron chi connectivity index (χ4n) is 2.42. The monoisotopic (exact) mass is 400 g/mol. The fourth-order valence-corrected chi connectivity index (χ4v) is 3.75. The van der Waals surface area contributed by atoms with E-state index in [0.717, 1.165) is 0 Å². The molecule has 0 aromatic carbocycles. The number of hydrogen-bond donors (Lipinski definition) is 0. The zero-order chi connectivity index (χ0) is 16.5. The van der Waals surface area contributed by atoms with Gasteiger partial charge in [0, 0.05) is 0 Å². The summed E-state index contributed by atoms with van der Waals surface area (Å²) in [6.45, 7) is 13.5. The smallest absolute Gasteiger partial charge is 0.500 e. The minimum atomic E-state index is -1.14. The number of rotatable bonds is 1. The summed E-state index contributed by atoms with van der Waals surface area (Å²) in [5, 5.41) is 0. The zero-order valence-corrected chi connectivity index (χ0v) is 18.6. The first-order chi connectivity index (χ1) is 10.3. The Bertz CT molecular complexity index is 292. The molecule has 0 aliphatic heterocycles. The Morgan fingerprint density at radius 1 is 0.870 bits per heavy atom. The second-order valence-corrected chi connectivity index (χ2v) is 11.9. The van der Waals surface area contributed by atoms with Gasteiger partial charge in [0.25, 0.3) is 0 Å². The summed E-state index contributed by atoms with van der Waals surface area (Å²) < 4.78 is 0. The maximum absolute atomic E-state index is 4.26. The van der Waals surface area contributed by atoms with Crippen molar-refractivity contribution in [3.8, 4) is 0 Å². The van der Waals surface area contributed by atoms with Crippen LogP contribution in [-0.4, -0.2) is 8.07 Å². The summed E-state index contributed by atoms with van der Waals surface area (Å²) >= 11 is 0. The Labute approximate surface area is 167 Å². The van der Waals surface area contributed by atoms with E-state index in [-0.39, 0.29) is 31.6 Å². The van der Waals surface area contributed by atoms with Crippen molar-refractivity contribution in [1.29, 1.82) is 0 Å². The van der Waals surface area contributed by atoms with E-state index in [2.05, 4.69) is 39.2 Å². The van der Waals surface area contributed by atoms with Gasteiger partial charge in [0.05, 0.1) is 0 Å². The molecule has 122 valence electrons. The van der Waals surface area contributed by atoms with Gasteiger partial charge in [0.15, 0.2) is 0 Å². The molecular weight excluding hydrogens is 372 g/mol. The Balaban J connectivity index is 0.000000362. The van der Waals surface area contributed by atoms with Gasteiger partial charge in [-0.2, -0.15) is 5.41 Å².